The van der Waals surface area contributed by atoms with Crippen molar-refractivity contribution in [3.05, 3.63) is 75.9 Å². The molecule has 3 aromatic carbocycles. The van der Waals surface area contributed by atoms with Gasteiger partial charge < -0.3 is 9.55 Å². The Hall–Kier alpha value is -3.89. The molecular weight excluding hydrogens is 523 g/mol. The number of nitrogens with zero attached hydrogens (tertiary/aromatic N) is 1. The van der Waals surface area contributed by atoms with E-state index >= 15 is 0 Å². The third kappa shape index (κ3) is 4.50. The number of terminal acetylenes is 1. The van der Waals surface area contributed by atoms with Crippen molar-refractivity contribution in [1.82, 2.24) is 9.55 Å². The van der Waals surface area contributed by atoms with Crippen LogP contribution in [0.25, 0.3) is 44.0 Å². The van der Waals surface area contributed by atoms with Crippen LogP contribution in [0.4, 0.5) is 3.89 Å². The van der Waals surface area contributed by atoms with Gasteiger partial charge in [0.15, 0.2) is 5.43 Å². The van der Waals surface area contributed by atoms with Crippen LogP contribution in [0.1, 0.15) is 63.1 Å². The van der Waals surface area contributed by atoms with Crippen molar-refractivity contribution in [2.24, 2.45) is 5.92 Å². The molecule has 2 aromatic heterocycles. The number of H-pyrrole nitrogens is 1. The SMILES string of the molecule is C#Cc1ccc2c(c1)[nH]c1c2c(=O)c2cc(CC(C)C)c(-c3cccc(S(=O)(=O)F)c3)cc2n1C1CCCCC1. The summed E-state index contributed by atoms with van der Waals surface area (Å²) in [6.45, 7) is 4.20. The van der Waals surface area contributed by atoms with Crippen molar-refractivity contribution in [3.8, 4) is 23.5 Å². The van der Waals surface area contributed by atoms with Gasteiger partial charge in [-0.3, -0.25) is 4.79 Å². The van der Waals surface area contributed by atoms with E-state index in [4.69, 9.17) is 6.42 Å². The molecule has 1 aliphatic carbocycles. The zero-order valence-corrected chi connectivity index (χ0v) is 23.4. The van der Waals surface area contributed by atoms with Crippen molar-refractivity contribution in [2.75, 3.05) is 0 Å². The molecule has 0 bridgehead atoms. The fourth-order valence-electron chi connectivity index (χ4n) is 6.36. The fraction of sp³-hybridized carbons (Fsp3) is 0.303. The Morgan fingerprint density at radius 2 is 1.82 bits per heavy atom. The van der Waals surface area contributed by atoms with E-state index in [1.54, 1.807) is 12.1 Å². The Kier molecular flexibility index (Phi) is 6.54. The van der Waals surface area contributed by atoms with E-state index in [9.17, 15) is 17.1 Å². The lowest BCUT2D eigenvalue weighted by molar-refractivity contribution is 0.365. The number of nitrogens with one attached hydrogen (secondary N) is 1. The van der Waals surface area contributed by atoms with Gasteiger partial charge in [0.2, 0.25) is 0 Å². The number of aromatic amines is 1. The van der Waals surface area contributed by atoms with Crippen LogP contribution in [0.5, 0.6) is 0 Å². The van der Waals surface area contributed by atoms with E-state index < -0.39 is 10.2 Å². The van der Waals surface area contributed by atoms with Crippen LogP contribution < -0.4 is 5.43 Å². The molecule has 0 spiro atoms. The van der Waals surface area contributed by atoms with E-state index in [0.717, 1.165) is 64.4 Å². The van der Waals surface area contributed by atoms with Gasteiger partial charge in [-0.25, -0.2) is 0 Å². The summed E-state index contributed by atoms with van der Waals surface area (Å²) < 4.78 is 39.7. The molecule has 0 unspecified atom stereocenters. The molecule has 6 rings (SSSR count). The number of fused-ring (bicyclic) bond motifs is 4. The topological polar surface area (TPSA) is 71.9 Å². The average Bonchev–Trinajstić information content (AvgIpc) is 3.31. The Morgan fingerprint density at radius 3 is 2.52 bits per heavy atom. The molecule has 5 aromatic rings. The number of hydrogen-bond acceptors (Lipinski definition) is 3. The predicted molar refractivity (Wildman–Crippen MR) is 160 cm³/mol. The summed E-state index contributed by atoms with van der Waals surface area (Å²) in [5.41, 5.74) is 5.43. The Morgan fingerprint density at radius 1 is 1.05 bits per heavy atom. The maximum atomic E-state index is 14.2. The van der Waals surface area contributed by atoms with Gasteiger partial charge in [-0.15, -0.1) is 10.3 Å². The van der Waals surface area contributed by atoms with Gasteiger partial charge in [0.05, 0.1) is 15.8 Å². The summed E-state index contributed by atoms with van der Waals surface area (Å²) in [4.78, 5) is 17.4. The maximum Gasteiger partial charge on any atom is 0.332 e. The minimum absolute atomic E-state index is 0.0478. The minimum Gasteiger partial charge on any atom is -0.340 e. The summed E-state index contributed by atoms with van der Waals surface area (Å²) >= 11 is 0. The first-order chi connectivity index (χ1) is 19.2. The highest BCUT2D eigenvalue weighted by Gasteiger charge is 2.25. The van der Waals surface area contributed by atoms with Crippen LogP contribution in [0.3, 0.4) is 0 Å². The van der Waals surface area contributed by atoms with Crippen LogP contribution in [0.15, 0.2) is 64.3 Å². The van der Waals surface area contributed by atoms with Crippen molar-refractivity contribution in [3.63, 3.8) is 0 Å². The first-order valence-electron chi connectivity index (χ1n) is 13.8. The monoisotopic (exact) mass is 554 g/mol. The molecule has 1 saturated carbocycles. The predicted octanol–water partition coefficient (Wildman–Crippen LogP) is 7.65. The number of benzene rings is 3. The van der Waals surface area contributed by atoms with E-state index in [0.29, 0.717) is 22.8 Å². The second-order valence-corrected chi connectivity index (χ2v) is 12.7. The largest absolute Gasteiger partial charge is 0.340 e. The molecule has 0 radical (unpaired) electrons. The van der Waals surface area contributed by atoms with Crippen molar-refractivity contribution in [1.29, 1.82) is 0 Å². The van der Waals surface area contributed by atoms with E-state index in [1.807, 2.05) is 30.3 Å². The summed E-state index contributed by atoms with van der Waals surface area (Å²) in [5, 5.41) is 2.14. The summed E-state index contributed by atoms with van der Waals surface area (Å²) in [6, 6.07) is 15.9. The lowest BCUT2D eigenvalue weighted by Gasteiger charge is -2.28. The van der Waals surface area contributed by atoms with Crippen molar-refractivity contribution in [2.45, 2.75) is 63.3 Å². The molecule has 0 saturated heterocycles. The van der Waals surface area contributed by atoms with Crippen LogP contribution in [0, 0.1) is 18.3 Å². The van der Waals surface area contributed by atoms with Gasteiger partial charge in [0.1, 0.15) is 5.65 Å². The van der Waals surface area contributed by atoms with Crippen molar-refractivity contribution < 1.29 is 12.3 Å². The number of pyridine rings is 1. The maximum absolute atomic E-state index is 14.2. The number of halogens is 1. The van der Waals surface area contributed by atoms with Crippen LogP contribution in [-0.2, 0) is 16.6 Å². The van der Waals surface area contributed by atoms with Crippen LogP contribution in [0.2, 0.25) is 0 Å². The third-order valence-electron chi connectivity index (χ3n) is 8.13. The molecule has 5 nitrogen and oxygen atoms in total. The average molecular weight is 555 g/mol. The normalized spacial score (nSPS) is 14.9. The van der Waals surface area contributed by atoms with E-state index in [1.165, 1.54) is 18.6 Å². The minimum atomic E-state index is -4.87. The van der Waals surface area contributed by atoms with Gasteiger partial charge in [0, 0.05) is 27.9 Å². The molecule has 204 valence electrons. The smallest absolute Gasteiger partial charge is 0.332 e. The highest BCUT2D eigenvalue weighted by Crippen LogP contribution is 2.38. The molecule has 0 atom stereocenters. The number of hydrogen-bond donors (Lipinski definition) is 1. The van der Waals surface area contributed by atoms with Crippen LogP contribution in [-0.4, -0.2) is 18.0 Å². The summed E-state index contributed by atoms with van der Waals surface area (Å²) in [5.74, 6) is 2.96. The second kappa shape index (κ2) is 9.94. The zero-order chi connectivity index (χ0) is 28.2. The number of rotatable bonds is 5. The highest BCUT2D eigenvalue weighted by molar-refractivity contribution is 7.86. The third-order valence-corrected chi connectivity index (χ3v) is 8.95. The molecule has 7 heteroatoms. The second-order valence-electron chi connectivity index (χ2n) is 11.3. The molecule has 0 aliphatic heterocycles. The molecule has 2 heterocycles. The van der Waals surface area contributed by atoms with Gasteiger partial charge in [0.25, 0.3) is 0 Å². The summed E-state index contributed by atoms with van der Waals surface area (Å²) in [6.07, 6.45) is 11.7. The van der Waals surface area contributed by atoms with Gasteiger partial charge in [-0.2, -0.15) is 8.42 Å². The van der Waals surface area contributed by atoms with E-state index in [-0.39, 0.29) is 22.3 Å². The first-order valence-corrected chi connectivity index (χ1v) is 15.2. The fourth-order valence-corrected chi connectivity index (χ4v) is 6.87. The van der Waals surface area contributed by atoms with E-state index in [2.05, 4.69) is 29.3 Å². The van der Waals surface area contributed by atoms with Gasteiger partial charge in [-0.1, -0.05) is 57.2 Å². The molecule has 1 fully saturated rings. The summed E-state index contributed by atoms with van der Waals surface area (Å²) in [7, 11) is -4.87. The Bertz CT molecular complexity index is 2010. The zero-order valence-electron chi connectivity index (χ0n) is 22.6. The Balaban J connectivity index is 1.75. The molecule has 1 N–H and O–H groups in total. The molecule has 0 amide bonds. The molecule has 40 heavy (non-hydrogen) atoms. The van der Waals surface area contributed by atoms with Gasteiger partial charge >= 0.3 is 10.2 Å². The molecule has 1 aliphatic rings. The number of aromatic nitrogens is 2. The van der Waals surface area contributed by atoms with Gasteiger partial charge in [-0.05, 0) is 78.3 Å². The lowest BCUT2D eigenvalue weighted by Crippen LogP contribution is -2.19. The first kappa shape index (κ1) is 26.3. The van der Waals surface area contributed by atoms with Crippen LogP contribution >= 0.6 is 0 Å². The lowest BCUT2D eigenvalue weighted by atomic mass is 9.90. The van der Waals surface area contributed by atoms with Crippen molar-refractivity contribution >= 4 is 43.1 Å². The standard InChI is InChI=1S/C33H31FN2O3S/c1-4-21-13-14-26-29(16-21)35-33-31(26)32(37)28-18-23(15-20(2)3)27(22-9-8-12-25(17-22)40(34,38)39)19-30(28)36(33)24-10-6-5-7-11-24/h1,8-9,12-14,16-20,24,35H,5-7,10-11,15H2,2-3H3. The molecular formula is C33H31FN2O3S. The quantitative estimate of drug-likeness (QED) is 0.179. The highest BCUT2D eigenvalue weighted by atomic mass is 32.3. The Labute approximate surface area is 233 Å².